The number of hydrogen-bond acceptors (Lipinski definition) is 2. The van der Waals surface area contributed by atoms with Gasteiger partial charge >= 0.3 is 0 Å². The van der Waals surface area contributed by atoms with Crippen molar-refractivity contribution in [3.8, 4) is 0 Å². The molecule has 126 valence electrons. The van der Waals surface area contributed by atoms with Crippen molar-refractivity contribution in [1.29, 1.82) is 0 Å². The van der Waals surface area contributed by atoms with E-state index in [1.807, 2.05) is 0 Å². The van der Waals surface area contributed by atoms with Crippen molar-refractivity contribution in [2.75, 3.05) is 0 Å². The summed E-state index contributed by atoms with van der Waals surface area (Å²) in [6, 6.07) is 0.326. The summed E-state index contributed by atoms with van der Waals surface area (Å²) in [5, 5.41) is 3.23. The Balaban J connectivity index is 1.64. The summed E-state index contributed by atoms with van der Waals surface area (Å²) in [4.78, 5) is 11.7. The van der Waals surface area contributed by atoms with E-state index in [9.17, 15) is 4.79 Å². The smallest absolute Gasteiger partial charge is 0.243 e. The number of carbonyl (C=O) groups excluding carboxylic acids is 1. The molecule has 0 aromatic heterocycles. The molecule has 23 heavy (non-hydrogen) atoms. The lowest BCUT2D eigenvalue weighted by atomic mass is 9.48. The molecule has 3 heteroatoms. The molecule has 3 aliphatic carbocycles. The molecule has 0 spiro atoms. The first kappa shape index (κ1) is 15.3. The van der Waals surface area contributed by atoms with Crippen molar-refractivity contribution in [3.63, 3.8) is 0 Å². The van der Waals surface area contributed by atoms with Gasteiger partial charge in [0, 0.05) is 16.9 Å². The summed E-state index contributed by atoms with van der Waals surface area (Å²) in [6.07, 6.45) is 13.3. The molecule has 1 amide bonds. The van der Waals surface area contributed by atoms with Gasteiger partial charge in [0.05, 0.1) is 6.26 Å². The molecule has 0 radical (unpaired) electrons. The quantitative estimate of drug-likeness (QED) is 0.787. The van der Waals surface area contributed by atoms with Gasteiger partial charge in [-0.3, -0.25) is 4.79 Å². The van der Waals surface area contributed by atoms with E-state index in [0.717, 1.165) is 18.3 Å². The lowest BCUT2D eigenvalue weighted by molar-refractivity contribution is -0.123. The van der Waals surface area contributed by atoms with Gasteiger partial charge in [0.25, 0.3) is 0 Å². The van der Waals surface area contributed by atoms with Crippen LogP contribution in [0.3, 0.4) is 0 Å². The van der Waals surface area contributed by atoms with E-state index < -0.39 is 0 Å². The fourth-order valence-electron chi connectivity index (χ4n) is 6.62. The van der Waals surface area contributed by atoms with E-state index in [0.29, 0.717) is 23.5 Å². The lowest BCUT2D eigenvalue weighted by Gasteiger charge is -2.58. The average molecular weight is 315 g/mol. The summed E-state index contributed by atoms with van der Waals surface area (Å²) >= 11 is 0. The van der Waals surface area contributed by atoms with Gasteiger partial charge in [0.2, 0.25) is 5.91 Å². The lowest BCUT2D eigenvalue weighted by Crippen LogP contribution is -2.59. The third-order valence-corrected chi connectivity index (χ3v) is 7.86. The van der Waals surface area contributed by atoms with Crippen molar-refractivity contribution in [2.24, 2.45) is 28.6 Å². The summed E-state index contributed by atoms with van der Waals surface area (Å²) < 4.78 is 5.89. The van der Waals surface area contributed by atoms with Crippen LogP contribution in [0.25, 0.3) is 0 Å². The van der Waals surface area contributed by atoms with Gasteiger partial charge in [-0.15, -0.1) is 0 Å². The topological polar surface area (TPSA) is 38.3 Å². The molecule has 3 saturated carbocycles. The minimum absolute atomic E-state index is 0.0897. The van der Waals surface area contributed by atoms with Gasteiger partial charge in [-0.1, -0.05) is 26.5 Å². The van der Waals surface area contributed by atoms with Crippen molar-refractivity contribution in [1.82, 2.24) is 5.32 Å². The Kier molecular flexibility index (Phi) is 3.40. The first-order chi connectivity index (χ1) is 11.0. The number of fused-ring (bicyclic) bond motifs is 5. The fraction of sp³-hybridized carbons (Fsp3) is 0.750. The van der Waals surface area contributed by atoms with E-state index >= 15 is 0 Å². The van der Waals surface area contributed by atoms with Gasteiger partial charge in [0.15, 0.2) is 0 Å². The molecule has 3 fully saturated rings. The van der Waals surface area contributed by atoms with Crippen molar-refractivity contribution >= 4 is 5.91 Å². The number of hydrogen-bond donors (Lipinski definition) is 1. The van der Waals surface area contributed by atoms with Crippen LogP contribution in [0.5, 0.6) is 0 Å². The Morgan fingerprint density at radius 1 is 1.22 bits per heavy atom. The first-order valence-electron chi connectivity index (χ1n) is 9.25. The van der Waals surface area contributed by atoms with Gasteiger partial charge in [-0.05, 0) is 62.4 Å². The van der Waals surface area contributed by atoms with E-state index in [1.54, 1.807) is 12.3 Å². The molecule has 1 aliphatic heterocycles. The number of ether oxygens (including phenoxy) is 1. The van der Waals surface area contributed by atoms with Crippen LogP contribution in [0, 0.1) is 28.6 Å². The molecular formula is C20H29NO2. The molecular weight excluding hydrogens is 286 g/mol. The maximum absolute atomic E-state index is 11.7. The van der Waals surface area contributed by atoms with Crippen LogP contribution in [0.4, 0.5) is 0 Å². The average Bonchev–Trinajstić information content (AvgIpc) is 2.85. The van der Waals surface area contributed by atoms with E-state index in [2.05, 4.69) is 31.8 Å². The second-order valence-electron chi connectivity index (χ2n) is 8.63. The molecule has 0 aromatic rings. The standard InChI is InChI=1S/C20H29NO2/c1-4-23-17-8-6-14-13-5-7-16-19(2,12-10-18(22)21-16)15(13)9-11-20(14,17)3/h4,10,12-17H,1,5-9,11H2,2-3H3,(H,21,22)/t13-,14-,15+,16?,17?,19+,20-/m0/s1. The SMILES string of the molecule is C=COC1CC[C@H]2[C@@H]3CCC4NC(=O)C=C[C@]4(C)[C@@H]3CC[C@]12C. The van der Waals surface area contributed by atoms with Crippen LogP contribution >= 0.6 is 0 Å². The Hall–Kier alpha value is -1.25. The molecule has 1 heterocycles. The number of carbonyl (C=O) groups is 1. The Morgan fingerprint density at radius 3 is 2.83 bits per heavy atom. The van der Waals surface area contributed by atoms with E-state index in [4.69, 9.17) is 4.74 Å². The zero-order valence-corrected chi connectivity index (χ0v) is 14.4. The van der Waals surface area contributed by atoms with Crippen LogP contribution in [0.15, 0.2) is 25.0 Å². The molecule has 1 N–H and O–H groups in total. The highest BCUT2D eigenvalue weighted by atomic mass is 16.5. The van der Waals surface area contributed by atoms with Gasteiger partial charge < -0.3 is 10.1 Å². The van der Waals surface area contributed by atoms with Gasteiger partial charge in [0.1, 0.15) is 6.10 Å². The van der Waals surface area contributed by atoms with Crippen molar-refractivity contribution < 1.29 is 9.53 Å². The second kappa shape index (κ2) is 5.12. The summed E-state index contributed by atoms with van der Waals surface area (Å²) in [7, 11) is 0. The molecule has 7 atom stereocenters. The van der Waals surface area contributed by atoms with E-state index in [1.165, 1.54) is 32.1 Å². The molecule has 4 rings (SSSR count). The zero-order valence-electron chi connectivity index (χ0n) is 14.4. The predicted octanol–water partition coefficient (Wildman–Crippen LogP) is 3.81. The Labute approximate surface area is 139 Å². The predicted molar refractivity (Wildman–Crippen MR) is 90.5 cm³/mol. The van der Waals surface area contributed by atoms with Crippen molar-refractivity contribution in [2.45, 2.75) is 64.5 Å². The third kappa shape index (κ3) is 2.04. The van der Waals surface area contributed by atoms with Crippen LogP contribution < -0.4 is 5.32 Å². The summed E-state index contributed by atoms with van der Waals surface area (Å²) in [5.41, 5.74) is 0.440. The zero-order chi connectivity index (χ0) is 16.2. The monoisotopic (exact) mass is 315 g/mol. The molecule has 3 nitrogen and oxygen atoms in total. The second-order valence-corrected chi connectivity index (χ2v) is 8.63. The van der Waals surface area contributed by atoms with Crippen LogP contribution in [0.2, 0.25) is 0 Å². The molecule has 0 bridgehead atoms. The highest BCUT2D eigenvalue weighted by molar-refractivity contribution is 5.89. The number of amides is 1. The van der Waals surface area contributed by atoms with Crippen LogP contribution in [0.1, 0.15) is 52.4 Å². The normalized spacial score (nSPS) is 51.2. The summed E-state index contributed by atoms with van der Waals surface area (Å²) in [5.74, 6) is 2.31. The number of nitrogens with one attached hydrogen (secondary N) is 1. The Morgan fingerprint density at radius 2 is 2.04 bits per heavy atom. The molecule has 0 saturated heterocycles. The summed E-state index contributed by atoms with van der Waals surface area (Å²) in [6.45, 7) is 8.60. The van der Waals surface area contributed by atoms with E-state index in [-0.39, 0.29) is 11.3 Å². The molecule has 2 unspecified atom stereocenters. The minimum atomic E-state index is 0.0897. The molecule has 4 aliphatic rings. The van der Waals surface area contributed by atoms with Gasteiger partial charge in [-0.2, -0.15) is 0 Å². The third-order valence-electron chi connectivity index (χ3n) is 7.86. The molecule has 0 aromatic carbocycles. The largest absolute Gasteiger partial charge is 0.498 e. The highest BCUT2D eigenvalue weighted by Gasteiger charge is 2.60. The van der Waals surface area contributed by atoms with Crippen LogP contribution in [-0.2, 0) is 9.53 Å². The van der Waals surface area contributed by atoms with Gasteiger partial charge in [-0.25, -0.2) is 0 Å². The Bertz CT molecular complexity index is 556. The first-order valence-corrected chi connectivity index (χ1v) is 9.25. The maximum atomic E-state index is 11.7. The fourth-order valence-corrected chi connectivity index (χ4v) is 6.62. The minimum Gasteiger partial charge on any atom is -0.498 e. The van der Waals surface area contributed by atoms with Crippen molar-refractivity contribution in [3.05, 3.63) is 25.0 Å². The number of rotatable bonds is 2. The maximum Gasteiger partial charge on any atom is 0.243 e. The van der Waals surface area contributed by atoms with Crippen LogP contribution in [-0.4, -0.2) is 18.1 Å². The highest BCUT2D eigenvalue weighted by Crippen LogP contribution is 2.63.